The van der Waals surface area contributed by atoms with E-state index >= 15 is 0 Å². The van der Waals surface area contributed by atoms with Gasteiger partial charge in [-0.05, 0) is 72.2 Å². The molecule has 20 heavy (non-hydrogen) atoms. The van der Waals surface area contributed by atoms with E-state index in [-0.39, 0.29) is 6.04 Å². The minimum Gasteiger partial charge on any atom is -0.306 e. The van der Waals surface area contributed by atoms with Gasteiger partial charge in [-0.2, -0.15) is 0 Å². The molecular weight excluding hydrogens is 357 g/mol. The number of hydrogen-bond donors (Lipinski definition) is 1. The van der Waals surface area contributed by atoms with Gasteiger partial charge in [0.25, 0.3) is 0 Å². The number of halogens is 1. The molecule has 0 bridgehead atoms. The topological polar surface area (TPSA) is 12.0 Å². The summed E-state index contributed by atoms with van der Waals surface area (Å²) in [5.41, 5.74) is 5.43. The van der Waals surface area contributed by atoms with Crippen molar-refractivity contribution >= 4 is 22.6 Å². The molecule has 2 rings (SSSR count). The van der Waals surface area contributed by atoms with Gasteiger partial charge in [0.05, 0.1) is 6.04 Å². The van der Waals surface area contributed by atoms with Crippen molar-refractivity contribution in [3.05, 3.63) is 68.3 Å². The number of benzene rings is 2. The SMILES string of the molecule is CCCNC(c1ccc(C)cc1C)c1ccccc1I. The second-order valence-corrected chi connectivity index (χ2v) is 6.43. The molecule has 1 nitrogen and oxygen atoms in total. The Morgan fingerprint density at radius 3 is 2.45 bits per heavy atom. The zero-order valence-corrected chi connectivity index (χ0v) is 14.6. The van der Waals surface area contributed by atoms with Crippen LogP contribution in [0.25, 0.3) is 0 Å². The predicted molar refractivity (Wildman–Crippen MR) is 95.2 cm³/mol. The molecule has 0 aliphatic rings. The molecular formula is C18H22IN. The minimum atomic E-state index is 0.281. The maximum atomic E-state index is 3.70. The maximum absolute atomic E-state index is 3.70. The Bertz CT molecular complexity index is 577. The second-order valence-electron chi connectivity index (χ2n) is 5.27. The molecule has 0 aliphatic carbocycles. The molecule has 1 N–H and O–H groups in total. The van der Waals surface area contributed by atoms with E-state index in [1.165, 1.54) is 25.8 Å². The van der Waals surface area contributed by atoms with E-state index in [0.29, 0.717) is 0 Å². The molecule has 1 unspecified atom stereocenters. The van der Waals surface area contributed by atoms with E-state index in [4.69, 9.17) is 0 Å². The van der Waals surface area contributed by atoms with E-state index in [2.05, 4.69) is 91.1 Å². The monoisotopic (exact) mass is 379 g/mol. The number of hydrogen-bond acceptors (Lipinski definition) is 1. The molecule has 2 aromatic rings. The number of nitrogens with one attached hydrogen (secondary N) is 1. The molecule has 0 spiro atoms. The third-order valence-electron chi connectivity index (χ3n) is 3.55. The summed E-state index contributed by atoms with van der Waals surface area (Å²) in [5, 5.41) is 3.70. The Kier molecular flexibility index (Phi) is 5.61. The van der Waals surface area contributed by atoms with Crippen LogP contribution in [0.3, 0.4) is 0 Å². The highest BCUT2D eigenvalue weighted by Gasteiger charge is 2.17. The van der Waals surface area contributed by atoms with Gasteiger partial charge in [0.15, 0.2) is 0 Å². The Labute approximate surface area is 135 Å². The fourth-order valence-electron chi connectivity index (χ4n) is 2.53. The average Bonchev–Trinajstić information content (AvgIpc) is 2.42. The molecule has 0 aliphatic heterocycles. The van der Waals surface area contributed by atoms with Crippen molar-refractivity contribution in [2.75, 3.05) is 6.54 Å². The van der Waals surface area contributed by atoms with Crippen LogP contribution in [-0.4, -0.2) is 6.54 Å². The third-order valence-corrected chi connectivity index (χ3v) is 4.53. The van der Waals surface area contributed by atoms with E-state index in [1.807, 2.05) is 0 Å². The fourth-order valence-corrected chi connectivity index (χ4v) is 3.23. The van der Waals surface area contributed by atoms with Gasteiger partial charge in [-0.15, -0.1) is 0 Å². The lowest BCUT2D eigenvalue weighted by molar-refractivity contribution is 0.594. The molecule has 0 aromatic heterocycles. The van der Waals surface area contributed by atoms with Crippen LogP contribution in [0.5, 0.6) is 0 Å². The van der Waals surface area contributed by atoms with Crippen LogP contribution in [0.15, 0.2) is 42.5 Å². The maximum Gasteiger partial charge on any atom is 0.0589 e. The van der Waals surface area contributed by atoms with Crippen molar-refractivity contribution in [3.8, 4) is 0 Å². The van der Waals surface area contributed by atoms with Gasteiger partial charge in [0.1, 0.15) is 0 Å². The summed E-state index contributed by atoms with van der Waals surface area (Å²) in [4.78, 5) is 0. The summed E-state index contributed by atoms with van der Waals surface area (Å²) < 4.78 is 1.32. The van der Waals surface area contributed by atoms with E-state index in [9.17, 15) is 0 Å². The molecule has 106 valence electrons. The number of aryl methyl sites for hydroxylation is 2. The van der Waals surface area contributed by atoms with Crippen molar-refractivity contribution in [1.82, 2.24) is 5.32 Å². The van der Waals surface area contributed by atoms with Gasteiger partial charge < -0.3 is 5.32 Å². The van der Waals surface area contributed by atoms with E-state index in [0.717, 1.165) is 13.0 Å². The largest absolute Gasteiger partial charge is 0.306 e. The standard InChI is InChI=1S/C18H22IN/c1-4-11-20-18(16-7-5-6-8-17(16)19)15-10-9-13(2)12-14(15)3/h5-10,12,18,20H,4,11H2,1-3H3. The van der Waals surface area contributed by atoms with Crippen molar-refractivity contribution < 1.29 is 0 Å². The van der Waals surface area contributed by atoms with Gasteiger partial charge in [-0.1, -0.05) is 48.9 Å². The first-order valence-electron chi connectivity index (χ1n) is 7.18. The Morgan fingerprint density at radius 2 is 1.80 bits per heavy atom. The highest BCUT2D eigenvalue weighted by molar-refractivity contribution is 14.1. The predicted octanol–water partition coefficient (Wildman–Crippen LogP) is 5.00. The van der Waals surface area contributed by atoms with Crippen LogP contribution in [0.1, 0.15) is 41.6 Å². The molecule has 2 aromatic carbocycles. The highest BCUT2D eigenvalue weighted by atomic mass is 127. The number of rotatable bonds is 5. The summed E-state index contributed by atoms with van der Waals surface area (Å²) >= 11 is 2.43. The molecule has 0 fully saturated rings. The van der Waals surface area contributed by atoms with Gasteiger partial charge in [0.2, 0.25) is 0 Å². The molecule has 0 saturated carbocycles. The average molecular weight is 379 g/mol. The molecule has 0 amide bonds. The van der Waals surface area contributed by atoms with Crippen molar-refractivity contribution in [3.63, 3.8) is 0 Å². The van der Waals surface area contributed by atoms with Gasteiger partial charge in [0, 0.05) is 3.57 Å². The van der Waals surface area contributed by atoms with Crippen LogP contribution in [0, 0.1) is 17.4 Å². The van der Waals surface area contributed by atoms with Crippen molar-refractivity contribution in [2.24, 2.45) is 0 Å². The summed E-state index contributed by atoms with van der Waals surface area (Å²) in [6.07, 6.45) is 1.14. The van der Waals surface area contributed by atoms with Gasteiger partial charge in [-0.3, -0.25) is 0 Å². The van der Waals surface area contributed by atoms with Crippen molar-refractivity contribution in [2.45, 2.75) is 33.2 Å². The van der Waals surface area contributed by atoms with Crippen LogP contribution in [0.4, 0.5) is 0 Å². The Hall–Kier alpha value is -0.870. The summed E-state index contributed by atoms with van der Waals surface area (Å²) in [6, 6.07) is 15.7. The van der Waals surface area contributed by atoms with Crippen molar-refractivity contribution in [1.29, 1.82) is 0 Å². The Morgan fingerprint density at radius 1 is 1.05 bits per heavy atom. The zero-order valence-electron chi connectivity index (χ0n) is 12.4. The first-order valence-corrected chi connectivity index (χ1v) is 8.26. The molecule has 0 saturated heterocycles. The molecule has 1 atom stereocenters. The first-order chi connectivity index (χ1) is 9.63. The lowest BCUT2D eigenvalue weighted by atomic mass is 9.94. The van der Waals surface area contributed by atoms with Crippen LogP contribution >= 0.6 is 22.6 Å². The normalized spacial score (nSPS) is 12.4. The Balaban J connectivity index is 2.44. The second kappa shape index (κ2) is 7.23. The van der Waals surface area contributed by atoms with Gasteiger partial charge >= 0.3 is 0 Å². The molecule has 2 heteroatoms. The lowest BCUT2D eigenvalue weighted by Crippen LogP contribution is -2.24. The van der Waals surface area contributed by atoms with Gasteiger partial charge in [-0.25, -0.2) is 0 Å². The third kappa shape index (κ3) is 3.61. The molecule has 0 radical (unpaired) electrons. The fraction of sp³-hybridized carbons (Fsp3) is 0.333. The smallest absolute Gasteiger partial charge is 0.0589 e. The lowest BCUT2D eigenvalue weighted by Gasteiger charge is -2.23. The van der Waals surface area contributed by atoms with E-state index < -0.39 is 0 Å². The summed E-state index contributed by atoms with van der Waals surface area (Å²) in [6.45, 7) is 7.60. The summed E-state index contributed by atoms with van der Waals surface area (Å²) in [7, 11) is 0. The van der Waals surface area contributed by atoms with Crippen LogP contribution < -0.4 is 5.32 Å². The van der Waals surface area contributed by atoms with Crippen LogP contribution in [0.2, 0.25) is 0 Å². The van der Waals surface area contributed by atoms with Crippen LogP contribution in [-0.2, 0) is 0 Å². The zero-order chi connectivity index (χ0) is 14.5. The molecule has 0 heterocycles. The van der Waals surface area contributed by atoms with E-state index in [1.54, 1.807) is 0 Å². The highest BCUT2D eigenvalue weighted by Crippen LogP contribution is 2.28. The summed E-state index contributed by atoms with van der Waals surface area (Å²) in [5.74, 6) is 0. The quantitative estimate of drug-likeness (QED) is 0.722. The first kappa shape index (κ1) is 15.5. The minimum absolute atomic E-state index is 0.281.